The number of fused-ring (bicyclic) bond motifs is 2. The van der Waals surface area contributed by atoms with Crippen molar-refractivity contribution in [2.45, 2.75) is 6.54 Å². The quantitative estimate of drug-likeness (QED) is 0.278. The van der Waals surface area contributed by atoms with Crippen molar-refractivity contribution in [3.63, 3.8) is 0 Å². The molecule has 5 aromatic rings. The molecule has 0 bridgehead atoms. The van der Waals surface area contributed by atoms with Crippen molar-refractivity contribution in [1.82, 2.24) is 4.98 Å². The molecule has 0 spiro atoms. The highest BCUT2D eigenvalue weighted by atomic mass is 32.1. The van der Waals surface area contributed by atoms with Gasteiger partial charge < -0.3 is 15.5 Å². The summed E-state index contributed by atoms with van der Waals surface area (Å²) in [7, 11) is 0. The highest BCUT2D eigenvalue weighted by Crippen LogP contribution is 2.35. The lowest BCUT2D eigenvalue weighted by molar-refractivity contribution is 0.0984. The predicted octanol–water partition coefficient (Wildman–Crippen LogP) is 6.97. The molecule has 180 valence electrons. The van der Waals surface area contributed by atoms with Crippen molar-refractivity contribution in [3.05, 3.63) is 125 Å². The lowest BCUT2D eigenvalue weighted by Crippen LogP contribution is -2.30. The summed E-state index contributed by atoms with van der Waals surface area (Å²) >= 11 is 1.59. The number of amides is 2. The van der Waals surface area contributed by atoms with E-state index in [0.29, 0.717) is 34.9 Å². The molecule has 0 aliphatic carbocycles. The largest absolute Gasteiger partial charge is 0.338 e. The maximum absolute atomic E-state index is 13.6. The number of carbonyl (C=O) groups is 2. The zero-order valence-electron chi connectivity index (χ0n) is 19.7. The summed E-state index contributed by atoms with van der Waals surface area (Å²) in [5, 5.41) is 8.31. The van der Waals surface area contributed by atoms with Crippen LogP contribution in [0.5, 0.6) is 0 Å². The van der Waals surface area contributed by atoms with E-state index in [1.54, 1.807) is 46.7 Å². The Morgan fingerprint density at radius 3 is 2.51 bits per heavy atom. The number of thiophene rings is 1. The third kappa shape index (κ3) is 4.48. The van der Waals surface area contributed by atoms with Crippen molar-refractivity contribution in [1.29, 1.82) is 0 Å². The first kappa shape index (κ1) is 22.7. The fourth-order valence-electron chi connectivity index (χ4n) is 4.43. The third-order valence-electron chi connectivity index (χ3n) is 6.27. The van der Waals surface area contributed by atoms with Crippen LogP contribution in [0.2, 0.25) is 0 Å². The van der Waals surface area contributed by atoms with Gasteiger partial charge in [-0.05, 0) is 65.5 Å². The average Bonchev–Trinajstić information content (AvgIpc) is 3.42. The number of nitrogens with zero attached hydrogens (tertiary/aromatic N) is 2. The Hall–Kier alpha value is -4.75. The molecule has 0 unspecified atom stereocenters. The highest BCUT2D eigenvalue weighted by Gasteiger charge is 2.25. The number of rotatable bonds is 4. The Morgan fingerprint density at radius 1 is 0.865 bits per heavy atom. The standard InChI is InChI=1S/C30H22N4O2S/c35-29(24-9-3-2-8-23(24)27-12-6-18-37-27)32-22-15-13-20(14-16-22)30(36)34-19-21-7-1-4-10-25(21)33-28-26(34)11-5-17-31-28/h1-18H,19H2,(H,31,33)(H,32,35). The van der Waals surface area contributed by atoms with Crippen LogP contribution in [-0.4, -0.2) is 16.8 Å². The molecule has 0 fully saturated rings. The zero-order valence-corrected chi connectivity index (χ0v) is 20.5. The maximum atomic E-state index is 13.6. The van der Waals surface area contributed by atoms with E-state index in [0.717, 1.165) is 21.7 Å². The molecule has 0 atom stereocenters. The van der Waals surface area contributed by atoms with Crippen LogP contribution in [0.25, 0.3) is 10.4 Å². The van der Waals surface area contributed by atoms with Gasteiger partial charge in [0.05, 0.1) is 12.2 Å². The second kappa shape index (κ2) is 9.72. The number of benzene rings is 3. The summed E-state index contributed by atoms with van der Waals surface area (Å²) in [6.07, 6.45) is 1.70. The van der Waals surface area contributed by atoms with Crippen LogP contribution in [-0.2, 0) is 6.54 Å². The SMILES string of the molecule is O=C(Nc1ccc(C(=O)N2Cc3ccccc3Nc3ncccc32)cc1)c1ccccc1-c1cccs1. The van der Waals surface area contributed by atoms with Gasteiger partial charge in [0.15, 0.2) is 5.82 Å². The summed E-state index contributed by atoms with van der Waals surface area (Å²) in [5.41, 5.74) is 5.28. The average molecular weight is 503 g/mol. The minimum absolute atomic E-state index is 0.145. The summed E-state index contributed by atoms with van der Waals surface area (Å²) in [5.74, 6) is 0.293. The van der Waals surface area contributed by atoms with Crippen molar-refractivity contribution in [2.75, 3.05) is 15.5 Å². The predicted molar refractivity (Wildman–Crippen MR) is 149 cm³/mol. The molecule has 2 amide bonds. The topological polar surface area (TPSA) is 74.3 Å². The van der Waals surface area contributed by atoms with Gasteiger partial charge in [-0.25, -0.2) is 4.98 Å². The van der Waals surface area contributed by atoms with E-state index in [1.807, 2.05) is 78.2 Å². The zero-order chi connectivity index (χ0) is 25.2. The first-order chi connectivity index (χ1) is 18.2. The van der Waals surface area contributed by atoms with Crippen LogP contribution in [0, 0.1) is 0 Å². The summed E-state index contributed by atoms with van der Waals surface area (Å²) in [6, 6.07) is 30.1. The Balaban J connectivity index is 1.24. The van der Waals surface area contributed by atoms with Crippen molar-refractivity contribution >= 4 is 46.0 Å². The van der Waals surface area contributed by atoms with Crippen LogP contribution in [0.1, 0.15) is 26.3 Å². The minimum Gasteiger partial charge on any atom is -0.338 e. The van der Waals surface area contributed by atoms with Gasteiger partial charge in [-0.2, -0.15) is 0 Å². The monoisotopic (exact) mass is 502 g/mol. The summed E-state index contributed by atoms with van der Waals surface area (Å²) in [4.78, 5) is 34.0. The Kier molecular flexibility index (Phi) is 5.96. The molecule has 37 heavy (non-hydrogen) atoms. The number of pyridine rings is 1. The van der Waals surface area contributed by atoms with Crippen LogP contribution < -0.4 is 15.5 Å². The van der Waals surface area contributed by atoms with Gasteiger partial charge in [0.25, 0.3) is 11.8 Å². The Morgan fingerprint density at radius 2 is 1.68 bits per heavy atom. The number of nitrogens with one attached hydrogen (secondary N) is 2. The third-order valence-corrected chi connectivity index (χ3v) is 7.17. The number of hydrogen-bond acceptors (Lipinski definition) is 5. The fourth-order valence-corrected chi connectivity index (χ4v) is 5.20. The van der Waals surface area contributed by atoms with Gasteiger partial charge in [0.2, 0.25) is 0 Å². The van der Waals surface area contributed by atoms with E-state index < -0.39 is 0 Å². The van der Waals surface area contributed by atoms with Gasteiger partial charge in [0, 0.05) is 39.1 Å². The number of anilines is 4. The lowest BCUT2D eigenvalue weighted by Gasteiger charge is -2.22. The second-order valence-corrected chi connectivity index (χ2v) is 9.55. The summed E-state index contributed by atoms with van der Waals surface area (Å²) in [6.45, 7) is 0.415. The van der Waals surface area contributed by atoms with Crippen LogP contribution >= 0.6 is 11.3 Å². The molecule has 3 aromatic carbocycles. The van der Waals surface area contributed by atoms with Crippen molar-refractivity contribution < 1.29 is 9.59 Å². The first-order valence-electron chi connectivity index (χ1n) is 11.8. The normalized spacial score (nSPS) is 12.1. The van der Waals surface area contributed by atoms with Gasteiger partial charge >= 0.3 is 0 Å². The molecular weight excluding hydrogens is 480 g/mol. The molecule has 3 heterocycles. The number of carbonyl (C=O) groups excluding carboxylic acids is 2. The van der Waals surface area contributed by atoms with E-state index in [4.69, 9.17) is 0 Å². The number of aromatic nitrogens is 1. The molecule has 0 saturated heterocycles. The fraction of sp³-hybridized carbons (Fsp3) is 0.0333. The molecule has 1 aliphatic rings. The van der Waals surface area contributed by atoms with Gasteiger partial charge in [-0.1, -0.05) is 42.5 Å². The molecule has 1 aliphatic heterocycles. The van der Waals surface area contributed by atoms with Crippen LogP contribution in [0.15, 0.2) is 109 Å². The van der Waals surface area contributed by atoms with Crippen LogP contribution in [0.4, 0.5) is 22.9 Å². The van der Waals surface area contributed by atoms with Crippen LogP contribution in [0.3, 0.4) is 0 Å². The van der Waals surface area contributed by atoms with E-state index in [-0.39, 0.29) is 11.8 Å². The van der Waals surface area contributed by atoms with Gasteiger partial charge in [0.1, 0.15) is 0 Å². The molecule has 0 radical (unpaired) electrons. The molecule has 2 aromatic heterocycles. The summed E-state index contributed by atoms with van der Waals surface area (Å²) < 4.78 is 0. The Labute approximate surface area is 218 Å². The van der Waals surface area contributed by atoms with E-state index >= 15 is 0 Å². The van der Waals surface area contributed by atoms with Gasteiger partial charge in [-0.3, -0.25) is 9.59 Å². The molecular formula is C30H22N4O2S. The second-order valence-electron chi connectivity index (χ2n) is 8.60. The number of para-hydroxylation sites is 1. The maximum Gasteiger partial charge on any atom is 0.258 e. The van der Waals surface area contributed by atoms with E-state index in [2.05, 4.69) is 15.6 Å². The minimum atomic E-state index is -0.196. The smallest absolute Gasteiger partial charge is 0.258 e. The molecule has 2 N–H and O–H groups in total. The molecule has 7 heteroatoms. The Bertz CT molecular complexity index is 1600. The van der Waals surface area contributed by atoms with Crippen molar-refractivity contribution in [2.24, 2.45) is 0 Å². The molecule has 6 nitrogen and oxygen atoms in total. The first-order valence-corrected chi connectivity index (χ1v) is 12.7. The molecule has 6 rings (SSSR count). The lowest BCUT2D eigenvalue weighted by atomic mass is 10.1. The van der Waals surface area contributed by atoms with Crippen molar-refractivity contribution in [3.8, 4) is 10.4 Å². The van der Waals surface area contributed by atoms with Gasteiger partial charge in [-0.15, -0.1) is 11.3 Å². The number of hydrogen-bond donors (Lipinski definition) is 2. The molecule has 0 saturated carbocycles. The van der Waals surface area contributed by atoms with E-state index in [9.17, 15) is 9.59 Å². The van der Waals surface area contributed by atoms with E-state index in [1.165, 1.54) is 0 Å². The highest BCUT2D eigenvalue weighted by molar-refractivity contribution is 7.13.